The van der Waals surface area contributed by atoms with Gasteiger partial charge < -0.3 is 14.2 Å². The van der Waals surface area contributed by atoms with E-state index in [2.05, 4.69) is 4.74 Å². The van der Waals surface area contributed by atoms with Crippen LogP contribution in [0.25, 0.3) is 0 Å². The van der Waals surface area contributed by atoms with Gasteiger partial charge in [-0.3, -0.25) is 14.4 Å². The maximum atomic E-state index is 15.3. The number of carbonyl (C=O) groups is 4. The standard InChI is InChI=1S/C25H25ClFNO7S/c1-3-34-14-35-25(32)17-12-8-7-11-16(17)24(31)28(23(30)15-9-5-4-6-10-15)21-20(26)18(36-22(21)27)13-19(29)33-2/h4-6,9-10H,3,7-8,11-14H2,1-2H3. The number of nitrogens with zero attached hydrogens (tertiary/aromatic N) is 1. The summed E-state index contributed by atoms with van der Waals surface area (Å²) < 4.78 is 30.1. The molecule has 0 atom stereocenters. The lowest BCUT2D eigenvalue weighted by Crippen LogP contribution is -2.40. The molecule has 0 spiro atoms. The molecule has 8 nitrogen and oxygen atoms in total. The second-order valence-corrected chi connectivity index (χ2v) is 9.17. The van der Waals surface area contributed by atoms with E-state index in [0.717, 1.165) is 0 Å². The first-order valence-electron chi connectivity index (χ1n) is 11.2. The summed E-state index contributed by atoms with van der Waals surface area (Å²) in [5.74, 6) is -3.10. The molecule has 1 aliphatic carbocycles. The molecular formula is C25H25ClFNO7S. The van der Waals surface area contributed by atoms with Crippen LogP contribution in [0, 0.1) is 5.13 Å². The Balaban J connectivity index is 2.11. The highest BCUT2D eigenvalue weighted by atomic mass is 35.5. The van der Waals surface area contributed by atoms with Gasteiger partial charge in [0.15, 0.2) is 6.79 Å². The Hall–Kier alpha value is -3.08. The molecule has 1 heterocycles. The van der Waals surface area contributed by atoms with Gasteiger partial charge in [0, 0.05) is 28.2 Å². The molecule has 2 aromatic rings. The van der Waals surface area contributed by atoms with E-state index in [1.807, 2.05) is 0 Å². The number of carbonyl (C=O) groups excluding carboxylic acids is 4. The van der Waals surface area contributed by atoms with E-state index in [9.17, 15) is 19.2 Å². The summed E-state index contributed by atoms with van der Waals surface area (Å²) in [7, 11) is 1.18. The van der Waals surface area contributed by atoms with E-state index in [4.69, 9.17) is 21.1 Å². The van der Waals surface area contributed by atoms with Crippen molar-refractivity contribution in [2.45, 2.75) is 39.0 Å². The van der Waals surface area contributed by atoms with Crippen LogP contribution in [-0.4, -0.2) is 44.3 Å². The first-order chi connectivity index (χ1) is 17.3. The lowest BCUT2D eigenvalue weighted by molar-refractivity contribution is -0.151. The van der Waals surface area contributed by atoms with Gasteiger partial charge in [-0.05, 0) is 44.7 Å². The summed E-state index contributed by atoms with van der Waals surface area (Å²) in [6, 6.07) is 7.83. The lowest BCUT2D eigenvalue weighted by atomic mass is 9.90. The first kappa shape index (κ1) is 27.5. The number of halogens is 2. The number of amides is 2. The number of benzene rings is 1. The largest absolute Gasteiger partial charge is 0.469 e. The number of rotatable bonds is 9. The van der Waals surface area contributed by atoms with Gasteiger partial charge >= 0.3 is 11.9 Å². The summed E-state index contributed by atoms with van der Waals surface area (Å²) in [6.07, 6.45) is 1.33. The van der Waals surface area contributed by atoms with Crippen molar-refractivity contribution >= 4 is 52.4 Å². The maximum Gasteiger partial charge on any atom is 0.336 e. The van der Waals surface area contributed by atoms with Gasteiger partial charge in [-0.1, -0.05) is 29.8 Å². The molecule has 1 aromatic carbocycles. The molecule has 0 saturated heterocycles. The van der Waals surface area contributed by atoms with Crippen LogP contribution in [0.5, 0.6) is 0 Å². The Labute approximate surface area is 216 Å². The van der Waals surface area contributed by atoms with Crippen LogP contribution in [-0.2, 0) is 35.0 Å². The number of hydrogen-bond donors (Lipinski definition) is 0. The second kappa shape index (κ2) is 12.8. The van der Waals surface area contributed by atoms with Crippen molar-refractivity contribution in [2.24, 2.45) is 0 Å². The van der Waals surface area contributed by atoms with Crippen molar-refractivity contribution in [3.8, 4) is 0 Å². The van der Waals surface area contributed by atoms with Crippen molar-refractivity contribution in [1.82, 2.24) is 0 Å². The fourth-order valence-electron chi connectivity index (χ4n) is 3.70. The molecule has 1 aliphatic rings. The number of methoxy groups -OCH3 is 1. The van der Waals surface area contributed by atoms with Crippen LogP contribution in [0.4, 0.5) is 10.1 Å². The Morgan fingerprint density at radius 2 is 1.72 bits per heavy atom. The summed E-state index contributed by atoms with van der Waals surface area (Å²) in [5.41, 5.74) is -0.208. The molecule has 0 fully saturated rings. The van der Waals surface area contributed by atoms with Gasteiger partial charge in [-0.25, -0.2) is 9.69 Å². The van der Waals surface area contributed by atoms with Gasteiger partial charge in [0.1, 0.15) is 5.69 Å². The van der Waals surface area contributed by atoms with Gasteiger partial charge in [0.2, 0.25) is 5.13 Å². The fraction of sp³-hybridized carbons (Fsp3) is 0.360. The highest BCUT2D eigenvalue weighted by molar-refractivity contribution is 7.11. The zero-order valence-corrected chi connectivity index (χ0v) is 21.4. The summed E-state index contributed by atoms with van der Waals surface area (Å²) in [4.78, 5) is 52.6. The van der Waals surface area contributed by atoms with Crippen LogP contribution in [0.1, 0.15) is 47.8 Å². The predicted molar refractivity (Wildman–Crippen MR) is 131 cm³/mol. The van der Waals surface area contributed by atoms with Crippen molar-refractivity contribution < 1.29 is 37.8 Å². The smallest absolute Gasteiger partial charge is 0.336 e. The number of thiophene rings is 1. The number of esters is 2. The zero-order valence-electron chi connectivity index (χ0n) is 19.8. The molecule has 0 unspecified atom stereocenters. The fourth-order valence-corrected chi connectivity index (χ4v) is 4.98. The van der Waals surface area contributed by atoms with Crippen LogP contribution in [0.2, 0.25) is 5.02 Å². The summed E-state index contributed by atoms with van der Waals surface area (Å²) in [5, 5.41) is -1.18. The molecule has 192 valence electrons. The number of anilines is 1. The monoisotopic (exact) mass is 537 g/mol. The predicted octanol–water partition coefficient (Wildman–Crippen LogP) is 4.84. The highest BCUT2D eigenvalue weighted by Crippen LogP contribution is 2.41. The van der Waals surface area contributed by atoms with Crippen LogP contribution >= 0.6 is 22.9 Å². The highest BCUT2D eigenvalue weighted by Gasteiger charge is 2.37. The Bertz CT molecular complexity index is 1180. The molecule has 0 N–H and O–H groups in total. The third-order valence-corrected chi connectivity index (χ3v) is 6.97. The molecule has 1 aromatic heterocycles. The van der Waals surface area contributed by atoms with Crippen LogP contribution in [0.3, 0.4) is 0 Å². The van der Waals surface area contributed by atoms with E-state index in [1.165, 1.54) is 19.2 Å². The summed E-state index contributed by atoms with van der Waals surface area (Å²) in [6.45, 7) is 1.79. The van der Waals surface area contributed by atoms with Gasteiger partial charge in [-0.2, -0.15) is 4.39 Å². The second-order valence-electron chi connectivity index (χ2n) is 7.73. The van der Waals surface area contributed by atoms with Crippen molar-refractivity contribution in [3.05, 3.63) is 62.1 Å². The Morgan fingerprint density at radius 1 is 1.06 bits per heavy atom. The number of ether oxygens (including phenoxy) is 3. The van der Waals surface area contributed by atoms with Crippen molar-refractivity contribution in [1.29, 1.82) is 0 Å². The molecular weight excluding hydrogens is 513 g/mol. The molecule has 0 aliphatic heterocycles. The Morgan fingerprint density at radius 3 is 2.36 bits per heavy atom. The van der Waals surface area contributed by atoms with Gasteiger partial charge in [0.05, 0.1) is 18.6 Å². The molecule has 3 rings (SSSR count). The topological polar surface area (TPSA) is 99.2 Å². The summed E-state index contributed by atoms with van der Waals surface area (Å²) >= 11 is 6.96. The van der Waals surface area contributed by atoms with Gasteiger partial charge in [-0.15, -0.1) is 11.3 Å². The quantitative estimate of drug-likeness (QED) is 0.195. The molecule has 36 heavy (non-hydrogen) atoms. The maximum absolute atomic E-state index is 15.3. The molecule has 2 amide bonds. The minimum absolute atomic E-state index is 0.0446. The molecule has 0 bridgehead atoms. The van der Waals surface area contributed by atoms with E-state index in [1.54, 1.807) is 25.1 Å². The number of hydrogen-bond acceptors (Lipinski definition) is 8. The van der Waals surface area contributed by atoms with E-state index in [0.29, 0.717) is 35.7 Å². The average Bonchev–Trinajstić information content (AvgIpc) is 3.16. The first-order valence-corrected chi connectivity index (χ1v) is 12.4. The molecule has 11 heteroatoms. The van der Waals surface area contributed by atoms with Crippen LogP contribution in [0.15, 0.2) is 41.5 Å². The van der Waals surface area contributed by atoms with Gasteiger partial charge in [0.25, 0.3) is 11.8 Å². The Kier molecular flexibility index (Phi) is 9.74. The third kappa shape index (κ3) is 6.18. The van der Waals surface area contributed by atoms with Crippen molar-refractivity contribution in [2.75, 3.05) is 25.4 Å². The van der Waals surface area contributed by atoms with Crippen molar-refractivity contribution in [3.63, 3.8) is 0 Å². The average molecular weight is 538 g/mol. The zero-order chi connectivity index (χ0) is 26.2. The number of imide groups is 1. The normalized spacial score (nSPS) is 13.3. The minimum Gasteiger partial charge on any atom is -0.469 e. The lowest BCUT2D eigenvalue weighted by Gasteiger charge is -2.25. The van der Waals surface area contributed by atoms with E-state index in [-0.39, 0.29) is 52.7 Å². The van der Waals surface area contributed by atoms with Crippen LogP contribution < -0.4 is 4.90 Å². The molecule has 0 radical (unpaired) electrons. The third-order valence-electron chi connectivity index (χ3n) is 5.48. The SMILES string of the molecule is CCOCOC(=O)C1=C(C(=O)N(C(=O)c2ccccc2)c2c(F)sc(CC(=O)OC)c2Cl)CCCC1. The molecule has 0 saturated carbocycles. The minimum atomic E-state index is -0.923. The van der Waals surface area contributed by atoms with E-state index >= 15 is 4.39 Å². The van der Waals surface area contributed by atoms with E-state index < -0.39 is 34.6 Å².